The number of aromatic nitrogens is 2. The second-order valence-corrected chi connectivity index (χ2v) is 3.70. The van der Waals surface area contributed by atoms with E-state index in [0.717, 1.165) is 17.0 Å². The van der Waals surface area contributed by atoms with E-state index in [1.165, 1.54) is 0 Å². The first-order chi connectivity index (χ1) is 7.70. The second-order valence-electron chi connectivity index (χ2n) is 3.70. The Morgan fingerprint density at radius 3 is 2.50 bits per heavy atom. The molecule has 0 fully saturated rings. The Morgan fingerprint density at radius 1 is 1.31 bits per heavy atom. The molecule has 1 aromatic heterocycles. The van der Waals surface area contributed by atoms with Crippen LogP contribution in [0.15, 0.2) is 36.7 Å². The Balaban J connectivity index is 2.28. The van der Waals surface area contributed by atoms with E-state index in [4.69, 9.17) is 10.5 Å². The molecule has 0 spiro atoms. The molecule has 0 bridgehead atoms. The van der Waals surface area contributed by atoms with E-state index in [9.17, 15) is 0 Å². The third kappa shape index (κ3) is 2.06. The summed E-state index contributed by atoms with van der Waals surface area (Å²) in [5, 5.41) is 4.26. The van der Waals surface area contributed by atoms with E-state index < -0.39 is 0 Å². The lowest BCUT2D eigenvalue weighted by Gasteiger charge is -2.03. The van der Waals surface area contributed by atoms with Crippen molar-refractivity contribution in [1.29, 1.82) is 0 Å². The van der Waals surface area contributed by atoms with Crippen molar-refractivity contribution in [2.24, 2.45) is 5.73 Å². The van der Waals surface area contributed by atoms with Gasteiger partial charge in [0, 0.05) is 17.8 Å². The minimum Gasteiger partial charge on any atom is -0.497 e. The maximum absolute atomic E-state index is 5.78. The van der Waals surface area contributed by atoms with Crippen LogP contribution in [0.2, 0.25) is 0 Å². The van der Waals surface area contributed by atoms with Crippen LogP contribution in [0.3, 0.4) is 0 Å². The Kier molecular flexibility index (Phi) is 2.92. The molecule has 1 heterocycles. The van der Waals surface area contributed by atoms with Gasteiger partial charge in [0.2, 0.25) is 0 Å². The Hall–Kier alpha value is -1.81. The lowest BCUT2D eigenvalue weighted by Crippen LogP contribution is -2.03. The molecule has 0 amide bonds. The Bertz CT molecular complexity index is 459. The maximum atomic E-state index is 5.78. The molecule has 0 radical (unpaired) electrons. The summed E-state index contributed by atoms with van der Waals surface area (Å²) >= 11 is 0. The maximum Gasteiger partial charge on any atom is 0.119 e. The molecular formula is C12H15N3O. The number of hydrogen-bond donors (Lipinski definition) is 1. The smallest absolute Gasteiger partial charge is 0.119 e. The van der Waals surface area contributed by atoms with Crippen molar-refractivity contribution in [2.45, 2.75) is 13.0 Å². The highest BCUT2D eigenvalue weighted by Crippen LogP contribution is 2.16. The van der Waals surface area contributed by atoms with Crippen LogP contribution in [0.5, 0.6) is 5.75 Å². The summed E-state index contributed by atoms with van der Waals surface area (Å²) in [5.74, 6) is 0.836. The SMILES string of the molecule is COc1ccc(-n2cc(C(C)N)cn2)cc1. The first-order valence-electron chi connectivity index (χ1n) is 5.15. The van der Waals surface area contributed by atoms with Gasteiger partial charge in [-0.15, -0.1) is 0 Å². The van der Waals surface area contributed by atoms with Crippen molar-refractivity contribution < 1.29 is 4.74 Å². The first-order valence-corrected chi connectivity index (χ1v) is 5.15. The summed E-state index contributed by atoms with van der Waals surface area (Å²) in [4.78, 5) is 0. The fourth-order valence-electron chi connectivity index (χ4n) is 1.45. The molecular weight excluding hydrogens is 202 g/mol. The van der Waals surface area contributed by atoms with Crippen molar-refractivity contribution in [1.82, 2.24) is 9.78 Å². The molecule has 4 heteroatoms. The molecule has 1 atom stereocenters. The lowest BCUT2D eigenvalue weighted by molar-refractivity contribution is 0.414. The van der Waals surface area contributed by atoms with E-state index in [-0.39, 0.29) is 6.04 Å². The van der Waals surface area contributed by atoms with Crippen molar-refractivity contribution in [2.75, 3.05) is 7.11 Å². The van der Waals surface area contributed by atoms with Crippen LogP contribution in [-0.2, 0) is 0 Å². The highest BCUT2D eigenvalue weighted by Gasteiger charge is 2.04. The van der Waals surface area contributed by atoms with Crippen molar-refractivity contribution >= 4 is 0 Å². The normalized spacial score (nSPS) is 12.4. The number of hydrogen-bond acceptors (Lipinski definition) is 3. The minimum atomic E-state index is 0.00648. The number of methoxy groups -OCH3 is 1. The molecule has 2 rings (SSSR count). The zero-order chi connectivity index (χ0) is 11.5. The summed E-state index contributed by atoms with van der Waals surface area (Å²) in [7, 11) is 1.65. The summed E-state index contributed by atoms with van der Waals surface area (Å²) < 4.78 is 6.90. The van der Waals surface area contributed by atoms with Gasteiger partial charge in [-0.3, -0.25) is 0 Å². The van der Waals surface area contributed by atoms with Gasteiger partial charge in [0.15, 0.2) is 0 Å². The third-order valence-corrected chi connectivity index (χ3v) is 2.47. The molecule has 0 aliphatic heterocycles. The van der Waals surface area contributed by atoms with Gasteiger partial charge < -0.3 is 10.5 Å². The molecule has 0 saturated carbocycles. The van der Waals surface area contributed by atoms with Crippen LogP contribution in [0.4, 0.5) is 0 Å². The van der Waals surface area contributed by atoms with Crippen LogP contribution < -0.4 is 10.5 Å². The Labute approximate surface area is 94.6 Å². The number of benzene rings is 1. The highest BCUT2D eigenvalue weighted by atomic mass is 16.5. The van der Waals surface area contributed by atoms with E-state index in [0.29, 0.717) is 0 Å². The summed E-state index contributed by atoms with van der Waals surface area (Å²) in [6.07, 6.45) is 3.72. The van der Waals surface area contributed by atoms with Crippen LogP contribution in [0, 0.1) is 0 Å². The van der Waals surface area contributed by atoms with Crippen molar-refractivity contribution in [3.63, 3.8) is 0 Å². The van der Waals surface area contributed by atoms with Gasteiger partial charge in [0.1, 0.15) is 5.75 Å². The van der Waals surface area contributed by atoms with Gasteiger partial charge in [0.25, 0.3) is 0 Å². The third-order valence-electron chi connectivity index (χ3n) is 2.47. The zero-order valence-electron chi connectivity index (χ0n) is 9.42. The van der Waals surface area contributed by atoms with Gasteiger partial charge >= 0.3 is 0 Å². The van der Waals surface area contributed by atoms with Gasteiger partial charge in [-0.25, -0.2) is 4.68 Å². The van der Waals surface area contributed by atoms with Crippen molar-refractivity contribution in [3.8, 4) is 11.4 Å². The van der Waals surface area contributed by atoms with Crippen LogP contribution in [-0.4, -0.2) is 16.9 Å². The van der Waals surface area contributed by atoms with Crippen LogP contribution >= 0.6 is 0 Å². The van der Waals surface area contributed by atoms with Gasteiger partial charge in [-0.2, -0.15) is 5.10 Å². The lowest BCUT2D eigenvalue weighted by atomic mass is 10.2. The standard InChI is InChI=1S/C12H15N3O/c1-9(13)10-7-14-15(8-10)11-3-5-12(16-2)6-4-11/h3-9H,13H2,1-2H3. The zero-order valence-corrected chi connectivity index (χ0v) is 9.42. The average molecular weight is 217 g/mol. The predicted octanol–water partition coefficient (Wildman–Crippen LogP) is 1.90. The Morgan fingerprint density at radius 2 is 2.00 bits per heavy atom. The van der Waals surface area contributed by atoms with Crippen molar-refractivity contribution in [3.05, 3.63) is 42.2 Å². The molecule has 84 valence electrons. The molecule has 1 unspecified atom stereocenters. The number of nitrogens with zero attached hydrogens (tertiary/aromatic N) is 2. The minimum absolute atomic E-state index is 0.00648. The van der Waals surface area contributed by atoms with Gasteiger partial charge in [-0.1, -0.05) is 0 Å². The first kappa shape index (κ1) is 10.7. The molecule has 4 nitrogen and oxygen atoms in total. The van der Waals surface area contributed by atoms with Gasteiger partial charge in [0.05, 0.1) is 19.0 Å². The fraction of sp³-hybridized carbons (Fsp3) is 0.250. The average Bonchev–Trinajstić information content (AvgIpc) is 2.78. The number of rotatable bonds is 3. The van der Waals surface area contributed by atoms with Crippen LogP contribution in [0.25, 0.3) is 5.69 Å². The summed E-state index contributed by atoms with van der Waals surface area (Å²) in [6, 6.07) is 7.73. The van der Waals surface area contributed by atoms with E-state index in [1.54, 1.807) is 18.0 Å². The van der Waals surface area contributed by atoms with E-state index >= 15 is 0 Å². The molecule has 2 N–H and O–H groups in total. The monoisotopic (exact) mass is 217 g/mol. The fourth-order valence-corrected chi connectivity index (χ4v) is 1.45. The van der Waals surface area contributed by atoms with E-state index in [1.807, 2.05) is 37.4 Å². The number of nitrogens with two attached hydrogens (primary N) is 1. The number of ether oxygens (including phenoxy) is 1. The van der Waals surface area contributed by atoms with Gasteiger partial charge in [-0.05, 0) is 31.2 Å². The summed E-state index contributed by atoms with van der Waals surface area (Å²) in [6.45, 7) is 1.94. The molecule has 16 heavy (non-hydrogen) atoms. The molecule has 0 aliphatic rings. The van der Waals surface area contributed by atoms with Crippen LogP contribution in [0.1, 0.15) is 18.5 Å². The largest absolute Gasteiger partial charge is 0.497 e. The predicted molar refractivity (Wildman–Crippen MR) is 62.7 cm³/mol. The topological polar surface area (TPSA) is 53.1 Å². The molecule has 0 aliphatic carbocycles. The quantitative estimate of drug-likeness (QED) is 0.854. The summed E-state index contributed by atoms with van der Waals surface area (Å²) in [5.41, 5.74) is 7.79. The molecule has 2 aromatic rings. The molecule has 0 saturated heterocycles. The second kappa shape index (κ2) is 4.37. The highest BCUT2D eigenvalue weighted by molar-refractivity contribution is 5.37. The van der Waals surface area contributed by atoms with E-state index in [2.05, 4.69) is 5.10 Å². The molecule has 1 aromatic carbocycles.